The van der Waals surface area contributed by atoms with Gasteiger partial charge in [-0.1, -0.05) is 5.16 Å². The van der Waals surface area contributed by atoms with Crippen molar-refractivity contribution in [1.82, 2.24) is 10.1 Å². The minimum Gasteiger partial charge on any atom is -0.375 e. The fourth-order valence-electron chi connectivity index (χ4n) is 0.752. The average Bonchev–Trinajstić information content (AvgIpc) is 2.55. The number of rotatable bonds is 1. The summed E-state index contributed by atoms with van der Waals surface area (Å²) in [5.74, 6) is 0. The van der Waals surface area contributed by atoms with E-state index >= 15 is 0 Å². The van der Waals surface area contributed by atoms with Crippen molar-refractivity contribution in [3.8, 4) is 11.3 Å². The Morgan fingerprint density at radius 3 is 3.00 bits per heavy atom. The number of hydrogen-bond acceptors (Lipinski definition) is 5. The van der Waals surface area contributed by atoms with Crippen molar-refractivity contribution in [1.29, 1.82) is 0 Å². The number of aromatic nitrogens is 2. The Labute approximate surface area is 66.7 Å². The monoisotopic (exact) mass is 167 g/mol. The summed E-state index contributed by atoms with van der Waals surface area (Å²) in [6.45, 7) is 0. The van der Waals surface area contributed by atoms with Gasteiger partial charge in [0, 0.05) is 5.38 Å². The Kier molecular flexibility index (Phi) is 1.36. The normalized spacial score (nSPS) is 10.2. The fourth-order valence-corrected chi connectivity index (χ4v) is 1.32. The molecule has 0 amide bonds. The molecule has 0 spiro atoms. The van der Waals surface area contributed by atoms with Crippen LogP contribution in [0.2, 0.25) is 0 Å². The van der Waals surface area contributed by atoms with Crippen LogP contribution >= 0.6 is 11.3 Å². The first-order valence-electron chi connectivity index (χ1n) is 2.97. The standard InChI is InChI=1S/C6H5N3OS/c7-6-9-5(3-11-6)4-1-8-10-2-4/h1-3H,(H2,7,9). The van der Waals surface area contributed by atoms with Gasteiger partial charge in [-0.15, -0.1) is 11.3 Å². The molecule has 2 heterocycles. The molecular weight excluding hydrogens is 162 g/mol. The number of anilines is 1. The van der Waals surface area contributed by atoms with Crippen molar-refractivity contribution >= 4 is 16.5 Å². The van der Waals surface area contributed by atoms with Crippen LogP contribution in [0.3, 0.4) is 0 Å². The van der Waals surface area contributed by atoms with Crippen LogP contribution in [0.5, 0.6) is 0 Å². The summed E-state index contributed by atoms with van der Waals surface area (Å²) in [4.78, 5) is 4.05. The van der Waals surface area contributed by atoms with Crippen LogP contribution < -0.4 is 5.73 Å². The van der Waals surface area contributed by atoms with E-state index in [-0.39, 0.29) is 0 Å². The van der Waals surface area contributed by atoms with Gasteiger partial charge in [0.1, 0.15) is 6.26 Å². The molecule has 0 saturated heterocycles. The van der Waals surface area contributed by atoms with Crippen LogP contribution in [0.25, 0.3) is 11.3 Å². The maximum atomic E-state index is 5.44. The molecular formula is C6H5N3OS. The molecule has 11 heavy (non-hydrogen) atoms. The van der Waals surface area contributed by atoms with E-state index in [0.717, 1.165) is 11.3 Å². The molecule has 0 unspecified atom stereocenters. The van der Waals surface area contributed by atoms with Crippen LogP contribution in [0, 0.1) is 0 Å². The van der Waals surface area contributed by atoms with E-state index in [1.165, 1.54) is 17.6 Å². The zero-order valence-electron chi connectivity index (χ0n) is 5.52. The van der Waals surface area contributed by atoms with Crippen LogP contribution in [0.4, 0.5) is 5.13 Å². The third kappa shape index (κ3) is 1.10. The summed E-state index contributed by atoms with van der Waals surface area (Å²) in [5, 5.41) is 5.98. The van der Waals surface area contributed by atoms with Gasteiger partial charge in [0.2, 0.25) is 0 Å². The molecule has 0 aliphatic carbocycles. The van der Waals surface area contributed by atoms with Gasteiger partial charge in [-0.2, -0.15) is 0 Å². The molecule has 0 aromatic carbocycles. The lowest BCUT2D eigenvalue weighted by molar-refractivity contribution is 0.420. The fraction of sp³-hybridized carbons (Fsp3) is 0. The molecule has 0 radical (unpaired) electrons. The van der Waals surface area contributed by atoms with E-state index < -0.39 is 0 Å². The lowest BCUT2D eigenvalue weighted by Gasteiger charge is -1.82. The second kappa shape index (κ2) is 2.35. The molecule has 56 valence electrons. The van der Waals surface area contributed by atoms with Gasteiger partial charge < -0.3 is 10.3 Å². The molecule has 0 saturated carbocycles. The lowest BCUT2D eigenvalue weighted by atomic mass is 10.3. The molecule has 0 fully saturated rings. The number of thiazole rings is 1. The average molecular weight is 167 g/mol. The molecule has 0 aliphatic rings. The summed E-state index contributed by atoms with van der Waals surface area (Å²) < 4.78 is 4.65. The predicted octanol–water partition coefficient (Wildman–Crippen LogP) is 1.38. The lowest BCUT2D eigenvalue weighted by Crippen LogP contribution is -1.81. The van der Waals surface area contributed by atoms with E-state index in [1.54, 1.807) is 6.20 Å². The second-order valence-corrected chi connectivity index (χ2v) is 2.87. The number of hydrogen-bond donors (Lipinski definition) is 1. The smallest absolute Gasteiger partial charge is 0.180 e. The van der Waals surface area contributed by atoms with Crippen molar-refractivity contribution in [3.63, 3.8) is 0 Å². The van der Waals surface area contributed by atoms with Gasteiger partial charge in [0.15, 0.2) is 5.13 Å². The Hall–Kier alpha value is -1.36. The van der Waals surface area contributed by atoms with Crippen molar-refractivity contribution in [2.24, 2.45) is 0 Å². The molecule has 2 aromatic rings. The van der Waals surface area contributed by atoms with Crippen LogP contribution in [-0.2, 0) is 0 Å². The van der Waals surface area contributed by atoms with Crippen LogP contribution in [0.15, 0.2) is 22.4 Å². The predicted molar refractivity (Wildman–Crippen MR) is 42.0 cm³/mol. The molecule has 5 heteroatoms. The highest BCUT2D eigenvalue weighted by molar-refractivity contribution is 7.13. The minimum absolute atomic E-state index is 0.557. The zero-order chi connectivity index (χ0) is 7.68. The third-order valence-corrected chi connectivity index (χ3v) is 1.92. The van der Waals surface area contributed by atoms with Gasteiger partial charge in [-0.3, -0.25) is 0 Å². The summed E-state index contributed by atoms with van der Waals surface area (Å²) in [7, 11) is 0. The van der Waals surface area contributed by atoms with E-state index in [0.29, 0.717) is 5.13 Å². The van der Waals surface area contributed by atoms with Crippen LogP contribution in [0.1, 0.15) is 0 Å². The second-order valence-electron chi connectivity index (χ2n) is 1.98. The third-order valence-electron chi connectivity index (χ3n) is 1.25. The summed E-state index contributed by atoms with van der Waals surface area (Å²) in [6, 6.07) is 0. The molecule has 2 aromatic heterocycles. The molecule has 2 rings (SSSR count). The van der Waals surface area contributed by atoms with Crippen molar-refractivity contribution in [2.75, 3.05) is 5.73 Å². The summed E-state index contributed by atoms with van der Waals surface area (Å²) in [6.07, 6.45) is 3.14. The SMILES string of the molecule is Nc1nc(-c2cnoc2)cs1. The molecule has 0 aliphatic heterocycles. The molecule has 0 atom stereocenters. The summed E-state index contributed by atoms with van der Waals surface area (Å²) >= 11 is 1.40. The van der Waals surface area contributed by atoms with Crippen LogP contribution in [-0.4, -0.2) is 10.1 Å². The number of nitrogens with zero attached hydrogens (tertiary/aromatic N) is 2. The first kappa shape index (κ1) is 6.36. The first-order valence-corrected chi connectivity index (χ1v) is 3.85. The Bertz CT molecular complexity index is 340. The highest BCUT2D eigenvalue weighted by atomic mass is 32.1. The van der Waals surface area contributed by atoms with Gasteiger partial charge in [-0.25, -0.2) is 4.98 Å². The van der Waals surface area contributed by atoms with E-state index in [2.05, 4.69) is 14.7 Å². The molecule has 4 nitrogen and oxygen atoms in total. The van der Waals surface area contributed by atoms with Crippen molar-refractivity contribution < 1.29 is 4.52 Å². The van der Waals surface area contributed by atoms with E-state index in [9.17, 15) is 0 Å². The largest absolute Gasteiger partial charge is 0.375 e. The Balaban J connectivity index is 2.45. The van der Waals surface area contributed by atoms with Crippen molar-refractivity contribution in [2.45, 2.75) is 0 Å². The minimum atomic E-state index is 0.557. The van der Waals surface area contributed by atoms with Gasteiger partial charge in [0.05, 0.1) is 17.5 Å². The Morgan fingerprint density at radius 2 is 2.45 bits per heavy atom. The van der Waals surface area contributed by atoms with Gasteiger partial charge in [0.25, 0.3) is 0 Å². The molecule has 2 N–H and O–H groups in total. The first-order chi connectivity index (χ1) is 5.36. The highest BCUT2D eigenvalue weighted by Crippen LogP contribution is 2.21. The maximum Gasteiger partial charge on any atom is 0.180 e. The maximum absolute atomic E-state index is 5.44. The molecule has 0 bridgehead atoms. The van der Waals surface area contributed by atoms with Gasteiger partial charge in [-0.05, 0) is 0 Å². The number of nitrogen functional groups attached to an aromatic ring is 1. The van der Waals surface area contributed by atoms with Crippen molar-refractivity contribution in [3.05, 3.63) is 17.8 Å². The topological polar surface area (TPSA) is 64.9 Å². The highest BCUT2D eigenvalue weighted by Gasteiger charge is 2.02. The number of nitrogens with two attached hydrogens (primary N) is 1. The summed E-state index contributed by atoms with van der Waals surface area (Å²) in [5.41, 5.74) is 7.11. The Morgan fingerprint density at radius 1 is 1.55 bits per heavy atom. The van der Waals surface area contributed by atoms with E-state index in [1.807, 2.05) is 5.38 Å². The zero-order valence-corrected chi connectivity index (χ0v) is 6.34. The van der Waals surface area contributed by atoms with E-state index in [4.69, 9.17) is 5.73 Å². The quantitative estimate of drug-likeness (QED) is 0.696. The van der Waals surface area contributed by atoms with Gasteiger partial charge >= 0.3 is 0 Å².